The topological polar surface area (TPSA) is 64.7 Å². The van der Waals surface area contributed by atoms with Crippen LogP contribution in [-0.2, 0) is 20.0 Å². The highest BCUT2D eigenvalue weighted by atomic mass is 16.1. The van der Waals surface area contributed by atoms with E-state index >= 15 is 0 Å². The van der Waals surface area contributed by atoms with Gasteiger partial charge in [-0.05, 0) is 40.0 Å². The van der Waals surface area contributed by atoms with Gasteiger partial charge in [-0.15, -0.1) is 0 Å². The Kier molecular flexibility index (Phi) is 3.76. The van der Waals surface area contributed by atoms with E-state index in [0.29, 0.717) is 5.56 Å². The lowest BCUT2D eigenvalue weighted by Gasteiger charge is -2.23. The largest absolute Gasteiger partial charge is 0.345 e. The van der Waals surface area contributed by atoms with Gasteiger partial charge in [-0.25, -0.2) is 0 Å². The number of carbonyl (C=O) groups is 1. The fourth-order valence-electron chi connectivity index (χ4n) is 3.42. The van der Waals surface area contributed by atoms with Gasteiger partial charge in [0.15, 0.2) is 0 Å². The average molecular weight is 301 g/mol. The van der Waals surface area contributed by atoms with Crippen molar-refractivity contribution < 1.29 is 4.79 Å². The van der Waals surface area contributed by atoms with Crippen molar-refractivity contribution in [2.24, 2.45) is 7.05 Å². The normalized spacial score (nSPS) is 17.4. The van der Waals surface area contributed by atoms with Crippen LogP contribution in [0.25, 0.3) is 0 Å². The first kappa shape index (κ1) is 14.8. The van der Waals surface area contributed by atoms with Crippen LogP contribution in [0.2, 0.25) is 0 Å². The van der Waals surface area contributed by atoms with Gasteiger partial charge in [0.2, 0.25) is 0 Å². The summed E-state index contributed by atoms with van der Waals surface area (Å²) in [5.74, 6) is -0.0311. The molecule has 2 heterocycles. The van der Waals surface area contributed by atoms with E-state index in [1.807, 2.05) is 43.4 Å². The van der Waals surface area contributed by atoms with Crippen molar-refractivity contribution in [2.75, 3.05) is 0 Å². The third kappa shape index (κ3) is 2.32. The van der Waals surface area contributed by atoms with Crippen molar-refractivity contribution in [3.63, 3.8) is 0 Å². The Bertz CT molecular complexity index is 712. The maximum absolute atomic E-state index is 12.7. The van der Waals surface area contributed by atoms with Crippen LogP contribution in [0.3, 0.4) is 0 Å². The Hall–Kier alpha value is -2.11. The number of aryl methyl sites for hydroxylation is 3. The van der Waals surface area contributed by atoms with Crippen LogP contribution in [0.5, 0.6) is 0 Å². The second kappa shape index (κ2) is 5.59. The average Bonchev–Trinajstić information content (AvgIpc) is 3.00. The van der Waals surface area contributed by atoms with Gasteiger partial charge in [-0.3, -0.25) is 14.2 Å². The van der Waals surface area contributed by atoms with Crippen LogP contribution >= 0.6 is 0 Å². The van der Waals surface area contributed by atoms with Gasteiger partial charge >= 0.3 is 0 Å². The molecule has 118 valence electrons. The predicted octanol–water partition coefficient (Wildman–Crippen LogP) is 2.06. The molecule has 0 aromatic carbocycles. The molecule has 0 bridgehead atoms. The number of carbonyl (C=O) groups excluding carboxylic acids is 1. The number of hydrogen-bond acceptors (Lipinski definition) is 3. The molecule has 1 unspecified atom stereocenters. The van der Waals surface area contributed by atoms with E-state index in [-0.39, 0.29) is 11.9 Å². The maximum Gasteiger partial charge on any atom is 0.255 e. The second-order valence-corrected chi connectivity index (χ2v) is 5.95. The van der Waals surface area contributed by atoms with Crippen LogP contribution in [-0.4, -0.2) is 25.5 Å². The number of amides is 1. The number of fused-ring (bicyclic) bond motifs is 1. The summed E-state index contributed by atoms with van der Waals surface area (Å²) in [6.07, 6.45) is 4.95. The van der Waals surface area contributed by atoms with Gasteiger partial charge < -0.3 is 5.32 Å². The van der Waals surface area contributed by atoms with E-state index in [2.05, 4.69) is 15.5 Å². The van der Waals surface area contributed by atoms with E-state index in [9.17, 15) is 4.79 Å². The lowest BCUT2D eigenvalue weighted by Crippen LogP contribution is -2.31. The second-order valence-electron chi connectivity index (χ2n) is 5.95. The molecule has 0 spiro atoms. The summed E-state index contributed by atoms with van der Waals surface area (Å²) >= 11 is 0. The van der Waals surface area contributed by atoms with E-state index in [0.717, 1.165) is 42.8 Å². The van der Waals surface area contributed by atoms with Crippen LogP contribution in [0.1, 0.15) is 58.8 Å². The molecule has 0 aliphatic heterocycles. The monoisotopic (exact) mass is 301 g/mol. The third-order valence-corrected chi connectivity index (χ3v) is 4.59. The number of nitrogens with zero attached hydrogens (tertiary/aromatic N) is 4. The first-order chi connectivity index (χ1) is 10.5. The minimum Gasteiger partial charge on any atom is -0.345 e. The summed E-state index contributed by atoms with van der Waals surface area (Å²) in [5.41, 5.74) is 4.81. The molecular formula is C16H23N5O. The Morgan fingerprint density at radius 3 is 2.91 bits per heavy atom. The molecule has 6 heteroatoms. The molecule has 0 saturated heterocycles. The lowest BCUT2D eigenvalue weighted by molar-refractivity contribution is 0.0931. The zero-order chi connectivity index (χ0) is 15.9. The molecule has 22 heavy (non-hydrogen) atoms. The van der Waals surface area contributed by atoms with Gasteiger partial charge in [-0.1, -0.05) is 0 Å². The summed E-state index contributed by atoms with van der Waals surface area (Å²) in [5, 5.41) is 11.9. The predicted molar refractivity (Wildman–Crippen MR) is 83.7 cm³/mol. The molecular weight excluding hydrogens is 278 g/mol. The van der Waals surface area contributed by atoms with Gasteiger partial charge in [0, 0.05) is 30.5 Å². The molecule has 3 rings (SSSR count). The first-order valence-corrected chi connectivity index (χ1v) is 7.88. The number of rotatable bonds is 3. The zero-order valence-electron chi connectivity index (χ0n) is 13.7. The highest BCUT2D eigenvalue weighted by Gasteiger charge is 2.27. The van der Waals surface area contributed by atoms with Gasteiger partial charge in [0.25, 0.3) is 5.91 Å². The van der Waals surface area contributed by atoms with E-state index in [1.54, 1.807) is 0 Å². The number of nitrogens with one attached hydrogen (secondary N) is 1. The van der Waals surface area contributed by atoms with Crippen molar-refractivity contribution in [1.82, 2.24) is 24.9 Å². The van der Waals surface area contributed by atoms with Gasteiger partial charge in [0.1, 0.15) is 0 Å². The molecule has 1 aliphatic carbocycles. The highest BCUT2D eigenvalue weighted by Crippen LogP contribution is 2.29. The quantitative estimate of drug-likeness (QED) is 0.943. The minimum absolute atomic E-state index is 0.0311. The van der Waals surface area contributed by atoms with Crippen LogP contribution in [0.15, 0.2) is 6.20 Å². The lowest BCUT2D eigenvalue weighted by atomic mass is 9.92. The van der Waals surface area contributed by atoms with E-state index < -0.39 is 0 Å². The van der Waals surface area contributed by atoms with Crippen molar-refractivity contribution in [2.45, 2.75) is 52.6 Å². The Morgan fingerprint density at radius 1 is 1.45 bits per heavy atom. The smallest absolute Gasteiger partial charge is 0.255 e. The van der Waals surface area contributed by atoms with E-state index in [1.165, 1.54) is 5.69 Å². The number of hydrogen-bond donors (Lipinski definition) is 1. The van der Waals surface area contributed by atoms with Crippen LogP contribution in [0.4, 0.5) is 0 Å². The SMILES string of the molecule is CCn1nc(C)c(C(=O)NC2CCCc3c2cnn3C)c1C. The fourth-order valence-corrected chi connectivity index (χ4v) is 3.42. The summed E-state index contributed by atoms with van der Waals surface area (Å²) in [6, 6.07) is 0.0497. The Labute approximate surface area is 130 Å². The molecule has 1 N–H and O–H groups in total. The van der Waals surface area contributed by atoms with Crippen molar-refractivity contribution in [1.29, 1.82) is 0 Å². The highest BCUT2D eigenvalue weighted by molar-refractivity contribution is 5.96. The zero-order valence-corrected chi connectivity index (χ0v) is 13.7. The van der Waals surface area contributed by atoms with Gasteiger partial charge in [-0.2, -0.15) is 10.2 Å². The van der Waals surface area contributed by atoms with Gasteiger partial charge in [0.05, 0.1) is 23.5 Å². The summed E-state index contributed by atoms with van der Waals surface area (Å²) in [7, 11) is 1.96. The van der Waals surface area contributed by atoms with Crippen molar-refractivity contribution in [3.05, 3.63) is 34.4 Å². The van der Waals surface area contributed by atoms with Crippen LogP contribution in [0, 0.1) is 13.8 Å². The molecule has 1 amide bonds. The summed E-state index contributed by atoms with van der Waals surface area (Å²) < 4.78 is 3.79. The molecule has 0 saturated carbocycles. The summed E-state index contributed by atoms with van der Waals surface area (Å²) in [4.78, 5) is 12.7. The molecule has 2 aromatic rings. The Balaban J connectivity index is 1.85. The first-order valence-electron chi connectivity index (χ1n) is 7.88. The summed E-state index contributed by atoms with van der Waals surface area (Å²) in [6.45, 7) is 6.65. The standard InChI is InChI=1S/C16H23N5O/c1-5-21-11(3)15(10(2)19-21)16(22)18-13-7-6-8-14-12(13)9-17-20(14)4/h9,13H,5-8H2,1-4H3,(H,18,22). The Morgan fingerprint density at radius 2 is 2.23 bits per heavy atom. The van der Waals surface area contributed by atoms with Crippen molar-refractivity contribution in [3.8, 4) is 0 Å². The third-order valence-electron chi connectivity index (χ3n) is 4.59. The van der Waals surface area contributed by atoms with Crippen LogP contribution < -0.4 is 5.32 Å². The molecule has 0 radical (unpaired) electrons. The molecule has 1 aliphatic rings. The number of aromatic nitrogens is 4. The van der Waals surface area contributed by atoms with E-state index in [4.69, 9.17) is 0 Å². The molecule has 2 aromatic heterocycles. The fraction of sp³-hybridized carbons (Fsp3) is 0.562. The molecule has 0 fully saturated rings. The molecule has 1 atom stereocenters. The maximum atomic E-state index is 12.7. The minimum atomic E-state index is -0.0311. The van der Waals surface area contributed by atoms with Crippen molar-refractivity contribution >= 4 is 5.91 Å². The molecule has 6 nitrogen and oxygen atoms in total.